The molecule has 19 heavy (non-hydrogen) atoms. The minimum Gasteiger partial charge on any atom is -0.493 e. The van der Waals surface area contributed by atoms with Crippen LogP contribution in [-0.2, 0) is 4.79 Å². The summed E-state index contributed by atoms with van der Waals surface area (Å²) in [5, 5.41) is 0. The third kappa shape index (κ3) is 6.80. The molecule has 0 unspecified atom stereocenters. The maximum atomic E-state index is 10.1. The number of rotatable bonds is 10. The molecule has 0 aliphatic rings. The van der Waals surface area contributed by atoms with Gasteiger partial charge in [-0.3, -0.25) is 4.79 Å². The number of unbranched alkanes of at least 4 members (excludes halogenated alkanes) is 4. The van der Waals surface area contributed by atoms with Gasteiger partial charge in [-0.05, 0) is 25.3 Å². The van der Waals surface area contributed by atoms with E-state index in [4.69, 9.17) is 4.74 Å². The van der Waals surface area contributed by atoms with Crippen LogP contribution in [0, 0.1) is 0 Å². The molecule has 2 heteroatoms. The molecule has 1 radical (unpaired) electrons. The molecular weight excluding hydrogens is 236 g/mol. The monoisotopic (exact) mass is 259 g/mol. The third-order valence-corrected chi connectivity index (χ3v) is 2.87. The maximum absolute atomic E-state index is 10.1. The van der Waals surface area contributed by atoms with E-state index in [0.29, 0.717) is 6.42 Å². The summed E-state index contributed by atoms with van der Waals surface area (Å²) in [5.41, 5.74) is 1.11. The van der Waals surface area contributed by atoms with Crippen molar-refractivity contribution in [2.24, 2.45) is 0 Å². The molecule has 0 heterocycles. The highest BCUT2D eigenvalue weighted by Crippen LogP contribution is 2.20. The number of benzene rings is 1. The maximum Gasteiger partial charge on any atom is 0.198 e. The van der Waals surface area contributed by atoms with Crippen molar-refractivity contribution >= 4 is 12.4 Å². The van der Waals surface area contributed by atoms with Crippen molar-refractivity contribution in [2.45, 2.75) is 45.4 Å². The van der Waals surface area contributed by atoms with Crippen LogP contribution in [0.1, 0.15) is 51.0 Å². The van der Waals surface area contributed by atoms with Crippen LogP contribution in [0.4, 0.5) is 0 Å². The van der Waals surface area contributed by atoms with Crippen LogP contribution >= 0.6 is 0 Å². The topological polar surface area (TPSA) is 26.3 Å². The zero-order valence-electron chi connectivity index (χ0n) is 11.7. The summed E-state index contributed by atoms with van der Waals surface area (Å²) in [6.07, 6.45) is 11.9. The number of allylic oxidation sites excluding steroid dienone is 1. The number of carbonyl (C=O) groups excluding carboxylic acids is 1. The predicted octanol–water partition coefficient (Wildman–Crippen LogP) is 4.55. The van der Waals surface area contributed by atoms with E-state index >= 15 is 0 Å². The molecule has 0 spiro atoms. The average Bonchev–Trinajstić information content (AvgIpc) is 2.45. The molecule has 0 atom stereocenters. The molecule has 103 valence electrons. The quantitative estimate of drug-likeness (QED) is 0.576. The van der Waals surface area contributed by atoms with E-state index in [1.165, 1.54) is 12.8 Å². The van der Waals surface area contributed by atoms with Gasteiger partial charge >= 0.3 is 0 Å². The van der Waals surface area contributed by atoms with E-state index in [0.717, 1.165) is 37.2 Å². The van der Waals surface area contributed by atoms with E-state index in [9.17, 15) is 4.79 Å². The minimum atomic E-state index is 0.513. The molecule has 0 saturated carbocycles. The van der Waals surface area contributed by atoms with Gasteiger partial charge in [0.25, 0.3) is 0 Å². The van der Waals surface area contributed by atoms with Crippen LogP contribution in [-0.4, -0.2) is 12.9 Å². The van der Waals surface area contributed by atoms with Crippen LogP contribution in [0.25, 0.3) is 6.08 Å². The van der Waals surface area contributed by atoms with E-state index in [1.54, 1.807) is 0 Å². The fraction of sp³-hybridized carbons (Fsp3) is 0.471. The highest BCUT2D eigenvalue weighted by molar-refractivity contribution is 5.57. The molecule has 1 aromatic rings. The zero-order chi connectivity index (χ0) is 13.8. The molecule has 2 nitrogen and oxygen atoms in total. The molecule has 0 saturated heterocycles. The first-order chi connectivity index (χ1) is 9.38. The molecule has 1 aromatic carbocycles. The molecule has 0 aliphatic carbocycles. The van der Waals surface area contributed by atoms with E-state index in [-0.39, 0.29) is 0 Å². The Morgan fingerprint density at radius 1 is 1.21 bits per heavy atom. The number of ether oxygens (including phenoxy) is 1. The van der Waals surface area contributed by atoms with Gasteiger partial charge in [0.15, 0.2) is 6.29 Å². The summed E-state index contributed by atoms with van der Waals surface area (Å²) >= 11 is 0. The fourth-order valence-electron chi connectivity index (χ4n) is 1.79. The van der Waals surface area contributed by atoms with Crippen molar-refractivity contribution in [3.05, 3.63) is 35.9 Å². The first-order valence-corrected chi connectivity index (χ1v) is 7.12. The SMILES string of the molecule is CCCCCOc1ccccc1/C=C/CCC[C]=O. The molecule has 0 aromatic heterocycles. The van der Waals surface area contributed by atoms with Crippen molar-refractivity contribution in [3.63, 3.8) is 0 Å². The minimum absolute atomic E-state index is 0.513. The molecule has 0 amide bonds. The summed E-state index contributed by atoms with van der Waals surface area (Å²) in [5.74, 6) is 0.941. The predicted molar refractivity (Wildman–Crippen MR) is 80.0 cm³/mol. The summed E-state index contributed by atoms with van der Waals surface area (Å²) < 4.78 is 5.80. The van der Waals surface area contributed by atoms with Crippen LogP contribution in [0.2, 0.25) is 0 Å². The molecule has 0 fully saturated rings. The Morgan fingerprint density at radius 3 is 2.84 bits per heavy atom. The lowest BCUT2D eigenvalue weighted by Crippen LogP contribution is -1.98. The van der Waals surface area contributed by atoms with Crippen molar-refractivity contribution < 1.29 is 9.53 Å². The summed E-state index contributed by atoms with van der Waals surface area (Å²) in [6.45, 7) is 2.96. The van der Waals surface area contributed by atoms with Crippen molar-refractivity contribution in [1.29, 1.82) is 0 Å². The smallest absolute Gasteiger partial charge is 0.198 e. The van der Waals surface area contributed by atoms with Gasteiger partial charge in [0.05, 0.1) is 6.61 Å². The second-order valence-corrected chi connectivity index (χ2v) is 4.53. The van der Waals surface area contributed by atoms with Gasteiger partial charge in [0, 0.05) is 12.0 Å². The van der Waals surface area contributed by atoms with Crippen molar-refractivity contribution in [1.82, 2.24) is 0 Å². The number of hydrogen-bond donors (Lipinski definition) is 0. The Labute approximate surface area is 116 Å². The Balaban J connectivity index is 2.45. The second-order valence-electron chi connectivity index (χ2n) is 4.53. The summed E-state index contributed by atoms with van der Waals surface area (Å²) in [6, 6.07) is 8.06. The largest absolute Gasteiger partial charge is 0.493 e. The van der Waals surface area contributed by atoms with E-state index in [2.05, 4.69) is 25.1 Å². The van der Waals surface area contributed by atoms with Crippen molar-refractivity contribution in [2.75, 3.05) is 6.61 Å². The Bertz CT molecular complexity index is 383. The Kier molecular flexibility index (Phi) is 8.45. The summed E-state index contributed by atoms with van der Waals surface area (Å²) in [4.78, 5) is 10.1. The lowest BCUT2D eigenvalue weighted by Gasteiger charge is -2.08. The number of hydrogen-bond acceptors (Lipinski definition) is 2. The second kappa shape index (κ2) is 10.4. The van der Waals surface area contributed by atoms with Crippen molar-refractivity contribution in [3.8, 4) is 5.75 Å². The normalized spacial score (nSPS) is 10.8. The lowest BCUT2D eigenvalue weighted by molar-refractivity contribution is 0.305. The van der Waals surface area contributed by atoms with Gasteiger partial charge in [-0.15, -0.1) is 0 Å². The van der Waals surface area contributed by atoms with Gasteiger partial charge in [-0.2, -0.15) is 0 Å². The molecule has 0 N–H and O–H groups in total. The Morgan fingerprint density at radius 2 is 2.05 bits per heavy atom. The molecule has 1 rings (SSSR count). The van der Waals surface area contributed by atoms with Gasteiger partial charge in [-0.1, -0.05) is 50.1 Å². The fourth-order valence-corrected chi connectivity index (χ4v) is 1.79. The molecule has 0 aliphatic heterocycles. The molecule has 0 bridgehead atoms. The van der Waals surface area contributed by atoms with Crippen LogP contribution in [0.15, 0.2) is 30.3 Å². The zero-order valence-corrected chi connectivity index (χ0v) is 11.7. The van der Waals surface area contributed by atoms with Crippen LogP contribution < -0.4 is 4.74 Å². The van der Waals surface area contributed by atoms with Gasteiger partial charge in [0.2, 0.25) is 0 Å². The van der Waals surface area contributed by atoms with Gasteiger partial charge in [-0.25, -0.2) is 0 Å². The average molecular weight is 259 g/mol. The highest BCUT2D eigenvalue weighted by atomic mass is 16.5. The lowest BCUT2D eigenvalue weighted by atomic mass is 10.1. The van der Waals surface area contributed by atoms with Crippen LogP contribution in [0.5, 0.6) is 5.75 Å². The highest BCUT2D eigenvalue weighted by Gasteiger charge is 1.99. The number of para-hydroxylation sites is 1. The standard InChI is InChI=1S/C17H23O2/c1-2-3-10-15-19-17-13-8-7-12-16(17)11-6-4-5-9-14-18/h6-8,11-13H,2-5,9-10,15H2,1H3/b11-6+. The van der Waals surface area contributed by atoms with Gasteiger partial charge in [0.1, 0.15) is 5.75 Å². The first kappa shape index (κ1) is 15.5. The van der Waals surface area contributed by atoms with E-state index < -0.39 is 0 Å². The molecular formula is C17H23O2. The Hall–Kier alpha value is -1.57. The first-order valence-electron chi connectivity index (χ1n) is 7.12. The summed E-state index contributed by atoms with van der Waals surface area (Å²) in [7, 11) is 0. The van der Waals surface area contributed by atoms with Gasteiger partial charge < -0.3 is 4.74 Å². The third-order valence-electron chi connectivity index (χ3n) is 2.87. The van der Waals surface area contributed by atoms with Crippen LogP contribution in [0.3, 0.4) is 0 Å². The van der Waals surface area contributed by atoms with E-state index in [1.807, 2.05) is 24.5 Å².